The van der Waals surface area contributed by atoms with E-state index in [-0.39, 0.29) is 23.5 Å². The summed E-state index contributed by atoms with van der Waals surface area (Å²) in [5.41, 5.74) is 5.27. The number of nitrogens with zero attached hydrogens (tertiary/aromatic N) is 3. The third-order valence-corrected chi connectivity index (χ3v) is 8.77. The van der Waals surface area contributed by atoms with E-state index in [4.69, 9.17) is 0 Å². The maximum absolute atomic E-state index is 14.1. The maximum atomic E-state index is 14.1. The van der Waals surface area contributed by atoms with Crippen LogP contribution >= 0.6 is 11.7 Å². The molecule has 0 atom stereocenters. The van der Waals surface area contributed by atoms with Crippen LogP contribution in [0.3, 0.4) is 0 Å². The number of rotatable bonds is 6. The number of hydrogen-bond acceptors (Lipinski definition) is 6. The Bertz CT molecular complexity index is 1720. The summed E-state index contributed by atoms with van der Waals surface area (Å²) in [5.74, 6) is 0. The van der Waals surface area contributed by atoms with Gasteiger partial charge in [-0.05, 0) is 72.7 Å². The number of aromatic amines is 1. The molecule has 0 aliphatic carbocycles. The zero-order valence-corrected chi connectivity index (χ0v) is 21.2. The molecule has 0 aliphatic rings. The lowest BCUT2D eigenvalue weighted by molar-refractivity contribution is 0.400. The lowest BCUT2D eigenvalue weighted by Gasteiger charge is -2.23. The first-order valence-corrected chi connectivity index (χ1v) is 13.3. The number of fused-ring (bicyclic) bond motifs is 2. The van der Waals surface area contributed by atoms with Gasteiger partial charge in [0, 0.05) is 24.2 Å². The Hall–Kier alpha value is -3.40. The van der Waals surface area contributed by atoms with Crippen molar-refractivity contribution in [2.75, 3.05) is 0 Å². The van der Waals surface area contributed by atoms with Gasteiger partial charge in [-0.2, -0.15) is 13.1 Å². The van der Waals surface area contributed by atoms with E-state index in [9.17, 15) is 13.2 Å². The van der Waals surface area contributed by atoms with Crippen LogP contribution in [0.1, 0.15) is 27.8 Å². The summed E-state index contributed by atoms with van der Waals surface area (Å²) in [7, 11) is -4.02. The molecule has 1 N–H and O–H groups in total. The molecule has 0 radical (unpaired) electrons. The van der Waals surface area contributed by atoms with Gasteiger partial charge in [0.1, 0.15) is 15.9 Å². The Labute approximate surface area is 207 Å². The van der Waals surface area contributed by atoms with E-state index in [0.29, 0.717) is 22.2 Å². The molecule has 2 aromatic heterocycles. The summed E-state index contributed by atoms with van der Waals surface area (Å²) < 4.78 is 38.0. The lowest BCUT2D eigenvalue weighted by atomic mass is 10.0. The minimum absolute atomic E-state index is 0.0805. The molecule has 9 heteroatoms. The molecule has 0 spiro atoms. The Balaban J connectivity index is 1.65. The van der Waals surface area contributed by atoms with Crippen LogP contribution in [0.5, 0.6) is 0 Å². The number of aromatic nitrogens is 3. The highest BCUT2D eigenvalue weighted by Gasteiger charge is 2.30. The van der Waals surface area contributed by atoms with Crippen LogP contribution in [0.25, 0.3) is 21.9 Å². The average molecular weight is 505 g/mol. The molecule has 0 saturated heterocycles. The Morgan fingerprint density at radius 1 is 0.886 bits per heavy atom. The Kier molecular flexibility index (Phi) is 6.00. The molecule has 0 saturated carbocycles. The van der Waals surface area contributed by atoms with Gasteiger partial charge in [0.05, 0.1) is 11.7 Å². The molecule has 3 aromatic carbocycles. The number of sulfonamides is 1. The zero-order valence-electron chi connectivity index (χ0n) is 19.6. The molecule has 5 aromatic rings. The second kappa shape index (κ2) is 8.99. The fourth-order valence-electron chi connectivity index (χ4n) is 4.23. The maximum Gasteiger partial charge on any atom is 0.252 e. The normalized spacial score (nSPS) is 12.1. The van der Waals surface area contributed by atoms with E-state index in [2.05, 4.69) is 13.7 Å². The van der Waals surface area contributed by atoms with E-state index >= 15 is 0 Å². The monoisotopic (exact) mass is 504 g/mol. The van der Waals surface area contributed by atoms with Gasteiger partial charge in [0.15, 0.2) is 0 Å². The van der Waals surface area contributed by atoms with Crippen molar-refractivity contribution in [1.29, 1.82) is 0 Å². The molecular formula is C26H24N4O3S2. The lowest BCUT2D eigenvalue weighted by Crippen LogP contribution is -2.33. The van der Waals surface area contributed by atoms with Crippen molar-refractivity contribution in [2.24, 2.45) is 0 Å². The summed E-state index contributed by atoms with van der Waals surface area (Å²) in [4.78, 5) is 16.1. The number of H-pyrrole nitrogens is 1. The van der Waals surface area contributed by atoms with E-state index in [1.54, 1.807) is 25.1 Å². The van der Waals surface area contributed by atoms with Crippen molar-refractivity contribution in [1.82, 2.24) is 18.0 Å². The summed E-state index contributed by atoms with van der Waals surface area (Å²) in [5, 5.41) is 0.863. The fraction of sp³-hybridized carbons (Fsp3) is 0.192. The van der Waals surface area contributed by atoms with Crippen molar-refractivity contribution in [3.05, 3.63) is 98.8 Å². The molecule has 2 heterocycles. The number of pyridine rings is 1. The molecule has 35 heavy (non-hydrogen) atoms. The highest BCUT2D eigenvalue weighted by molar-refractivity contribution is 7.89. The molecule has 5 rings (SSSR count). The molecule has 7 nitrogen and oxygen atoms in total. The highest BCUT2D eigenvalue weighted by Crippen LogP contribution is 2.30. The van der Waals surface area contributed by atoms with Crippen molar-refractivity contribution >= 4 is 43.7 Å². The van der Waals surface area contributed by atoms with Crippen LogP contribution in [0, 0.1) is 20.8 Å². The molecule has 178 valence electrons. The SMILES string of the molecule is Cc1cc2cc(CN(Cc3ccccc3)S(=O)(=O)c3c(C)ccc4nsnc34)c(=O)[nH]c2cc1C. The van der Waals surface area contributed by atoms with Crippen LogP contribution in [0.15, 0.2) is 70.4 Å². The van der Waals surface area contributed by atoms with Crippen molar-refractivity contribution in [3.63, 3.8) is 0 Å². The quantitative estimate of drug-likeness (QED) is 0.357. The molecular weight excluding hydrogens is 480 g/mol. The van der Waals surface area contributed by atoms with E-state index in [1.807, 2.05) is 56.3 Å². The first kappa shape index (κ1) is 23.3. The van der Waals surface area contributed by atoms with Crippen LogP contribution in [-0.4, -0.2) is 26.5 Å². The Morgan fingerprint density at radius 2 is 1.63 bits per heavy atom. The van der Waals surface area contributed by atoms with Gasteiger partial charge < -0.3 is 4.98 Å². The van der Waals surface area contributed by atoms with Crippen molar-refractivity contribution < 1.29 is 8.42 Å². The van der Waals surface area contributed by atoms with Gasteiger partial charge >= 0.3 is 0 Å². The van der Waals surface area contributed by atoms with Crippen molar-refractivity contribution in [3.8, 4) is 0 Å². The van der Waals surface area contributed by atoms with Gasteiger partial charge in [-0.1, -0.05) is 36.4 Å². The van der Waals surface area contributed by atoms with E-state index in [1.165, 1.54) is 4.31 Å². The Morgan fingerprint density at radius 3 is 2.40 bits per heavy atom. The van der Waals surface area contributed by atoms with Crippen LogP contribution < -0.4 is 5.56 Å². The number of nitrogens with one attached hydrogen (secondary N) is 1. The van der Waals surface area contributed by atoms with Gasteiger partial charge in [-0.3, -0.25) is 4.79 Å². The standard InChI is InChI=1S/C26H24N4O3S2/c1-16-9-10-22-24(29-34-28-22)25(16)35(32,33)30(14-19-7-5-4-6-8-19)15-21-13-20-11-17(2)18(3)12-23(20)27-26(21)31/h4-13H,14-15H2,1-3H3,(H,27,31). The minimum atomic E-state index is -4.02. The summed E-state index contributed by atoms with van der Waals surface area (Å²) >= 11 is 0.980. The average Bonchev–Trinajstić information content (AvgIpc) is 3.29. The van der Waals surface area contributed by atoms with Crippen molar-refractivity contribution in [2.45, 2.75) is 38.8 Å². The number of benzene rings is 3. The third kappa shape index (κ3) is 4.38. The topological polar surface area (TPSA) is 96.0 Å². The van der Waals surface area contributed by atoms with Gasteiger partial charge in [-0.15, -0.1) is 0 Å². The van der Waals surface area contributed by atoms with E-state index < -0.39 is 10.0 Å². The van der Waals surface area contributed by atoms with E-state index in [0.717, 1.165) is 39.3 Å². The first-order chi connectivity index (χ1) is 16.7. The predicted octanol–water partition coefficient (Wildman–Crippen LogP) is 4.85. The van der Waals surface area contributed by atoms with Crippen LogP contribution in [0.4, 0.5) is 0 Å². The number of hydrogen-bond donors (Lipinski definition) is 1. The smallest absolute Gasteiger partial charge is 0.252 e. The van der Waals surface area contributed by atoms with Crippen LogP contribution in [-0.2, 0) is 23.1 Å². The summed E-state index contributed by atoms with van der Waals surface area (Å²) in [6.45, 7) is 5.78. The van der Waals surface area contributed by atoms with Crippen LogP contribution in [0.2, 0.25) is 0 Å². The largest absolute Gasteiger partial charge is 0.322 e. The predicted molar refractivity (Wildman–Crippen MR) is 139 cm³/mol. The second-order valence-corrected chi connectivity index (χ2v) is 11.2. The zero-order chi connectivity index (χ0) is 24.7. The summed E-state index contributed by atoms with van der Waals surface area (Å²) in [6.07, 6.45) is 0. The third-order valence-electron chi connectivity index (χ3n) is 6.26. The summed E-state index contributed by atoms with van der Waals surface area (Å²) in [6, 6.07) is 18.6. The highest BCUT2D eigenvalue weighted by atomic mass is 32.2. The molecule has 0 amide bonds. The van der Waals surface area contributed by atoms with Gasteiger partial charge in [0.2, 0.25) is 10.0 Å². The molecule has 0 unspecified atom stereocenters. The molecule has 0 fully saturated rings. The van der Waals surface area contributed by atoms with Gasteiger partial charge in [-0.25, -0.2) is 8.42 Å². The number of aryl methyl sites for hydroxylation is 3. The second-order valence-electron chi connectivity index (χ2n) is 8.75. The van der Waals surface area contributed by atoms with Gasteiger partial charge in [0.25, 0.3) is 5.56 Å². The molecule has 0 bridgehead atoms. The first-order valence-electron chi connectivity index (χ1n) is 11.1. The fourth-order valence-corrected chi connectivity index (χ4v) is 6.58. The minimum Gasteiger partial charge on any atom is -0.322 e. The molecule has 0 aliphatic heterocycles.